The van der Waals surface area contributed by atoms with Gasteiger partial charge in [-0.05, 0) is 30.4 Å². The van der Waals surface area contributed by atoms with Crippen LogP contribution in [0.4, 0.5) is 18.9 Å². The number of hydrogen-bond acceptors (Lipinski definition) is 2. The molecular weight excluding hydrogens is 253 g/mol. The van der Waals surface area contributed by atoms with Crippen molar-refractivity contribution in [3.8, 4) is 0 Å². The molecule has 1 aromatic rings. The molecule has 0 bridgehead atoms. The molecule has 0 radical (unpaired) electrons. The van der Waals surface area contributed by atoms with Crippen LogP contribution in [-0.2, 0) is 11.0 Å². The Bertz CT molecular complexity index is 471. The van der Waals surface area contributed by atoms with Crippen molar-refractivity contribution < 1.29 is 18.0 Å². The van der Waals surface area contributed by atoms with Crippen LogP contribution in [0.5, 0.6) is 0 Å². The number of halogens is 3. The van der Waals surface area contributed by atoms with Gasteiger partial charge in [-0.2, -0.15) is 13.2 Å². The van der Waals surface area contributed by atoms with Gasteiger partial charge in [-0.1, -0.05) is 6.07 Å². The molecule has 0 saturated carbocycles. The van der Waals surface area contributed by atoms with Gasteiger partial charge in [0, 0.05) is 0 Å². The summed E-state index contributed by atoms with van der Waals surface area (Å²) in [5, 5.41) is 2.72. The lowest BCUT2D eigenvalue weighted by Gasteiger charge is -2.16. The molecule has 3 nitrogen and oxygen atoms in total. The maximum Gasteiger partial charge on any atom is 0.416 e. The van der Waals surface area contributed by atoms with Gasteiger partial charge in [0.25, 0.3) is 5.91 Å². The molecule has 90 valence electrons. The van der Waals surface area contributed by atoms with E-state index < -0.39 is 11.7 Å². The number of nitrogens with zero attached hydrogens (tertiary/aromatic N) is 1. The average Bonchev–Trinajstić information content (AvgIpc) is 2.57. The molecule has 1 aliphatic heterocycles. The van der Waals surface area contributed by atoms with Crippen molar-refractivity contribution in [3.63, 3.8) is 0 Å². The molecule has 1 N–H and O–H groups in total. The van der Waals surface area contributed by atoms with Crippen molar-refractivity contribution in [2.45, 2.75) is 6.18 Å². The van der Waals surface area contributed by atoms with E-state index in [4.69, 9.17) is 12.2 Å². The maximum atomic E-state index is 12.5. The minimum atomic E-state index is -4.44. The Morgan fingerprint density at radius 1 is 1.35 bits per heavy atom. The second-order valence-corrected chi connectivity index (χ2v) is 3.82. The average molecular weight is 260 g/mol. The SMILES string of the molecule is O=C1CNC(=S)N1c1cccc(C(F)(F)F)c1. The third-order valence-corrected chi connectivity index (χ3v) is 2.60. The molecule has 0 atom stereocenters. The largest absolute Gasteiger partial charge is 0.416 e. The Hall–Kier alpha value is -1.63. The molecule has 0 unspecified atom stereocenters. The molecule has 0 spiro atoms. The number of alkyl halides is 3. The van der Waals surface area contributed by atoms with Crippen molar-refractivity contribution in [3.05, 3.63) is 29.8 Å². The van der Waals surface area contributed by atoms with Crippen LogP contribution in [0.3, 0.4) is 0 Å². The highest BCUT2D eigenvalue weighted by Gasteiger charge is 2.33. The fraction of sp³-hybridized carbons (Fsp3) is 0.200. The molecule has 1 fully saturated rings. The lowest BCUT2D eigenvalue weighted by atomic mass is 10.2. The van der Waals surface area contributed by atoms with E-state index in [0.717, 1.165) is 17.0 Å². The second-order valence-electron chi connectivity index (χ2n) is 3.44. The Morgan fingerprint density at radius 2 is 2.06 bits per heavy atom. The van der Waals surface area contributed by atoms with Gasteiger partial charge in [-0.15, -0.1) is 0 Å². The van der Waals surface area contributed by atoms with E-state index in [1.807, 2.05) is 0 Å². The molecule has 1 aromatic carbocycles. The predicted molar refractivity (Wildman–Crippen MR) is 59.5 cm³/mol. The number of hydrogen-bond donors (Lipinski definition) is 1. The number of thiocarbonyl (C=S) groups is 1. The van der Waals surface area contributed by atoms with Gasteiger partial charge in [-0.25, -0.2) is 0 Å². The van der Waals surface area contributed by atoms with Crippen LogP contribution >= 0.6 is 12.2 Å². The highest BCUT2D eigenvalue weighted by atomic mass is 32.1. The molecule has 0 aromatic heterocycles. The van der Waals surface area contributed by atoms with Gasteiger partial charge >= 0.3 is 6.18 Å². The van der Waals surface area contributed by atoms with Gasteiger partial charge in [0.05, 0.1) is 17.8 Å². The number of nitrogens with one attached hydrogen (secondary N) is 1. The molecule has 7 heteroatoms. The summed E-state index contributed by atoms with van der Waals surface area (Å²) in [6, 6.07) is 4.50. The fourth-order valence-electron chi connectivity index (χ4n) is 1.51. The Balaban J connectivity index is 2.40. The number of anilines is 1. The third kappa shape index (κ3) is 2.23. The number of carbonyl (C=O) groups is 1. The highest BCUT2D eigenvalue weighted by Crippen LogP contribution is 2.32. The highest BCUT2D eigenvalue weighted by molar-refractivity contribution is 7.80. The molecule has 1 amide bonds. The summed E-state index contributed by atoms with van der Waals surface area (Å²) in [5.74, 6) is -0.366. The van der Waals surface area contributed by atoms with Gasteiger partial charge in [0.1, 0.15) is 0 Å². The fourth-order valence-corrected chi connectivity index (χ4v) is 1.78. The first-order chi connectivity index (χ1) is 7.89. The monoisotopic (exact) mass is 260 g/mol. The van der Waals surface area contributed by atoms with E-state index in [9.17, 15) is 18.0 Å². The zero-order valence-electron chi connectivity index (χ0n) is 8.41. The lowest BCUT2D eigenvalue weighted by molar-refractivity contribution is -0.137. The molecule has 17 heavy (non-hydrogen) atoms. The zero-order chi connectivity index (χ0) is 12.6. The second kappa shape index (κ2) is 3.99. The molecule has 1 aliphatic rings. The smallest absolute Gasteiger partial charge is 0.353 e. The first-order valence-corrected chi connectivity index (χ1v) is 5.08. The van der Waals surface area contributed by atoms with Crippen LogP contribution in [0.15, 0.2) is 24.3 Å². The summed E-state index contributed by atoms with van der Waals surface area (Å²) in [5.41, 5.74) is -0.683. The van der Waals surface area contributed by atoms with Crippen LogP contribution in [0.1, 0.15) is 5.56 Å². The minimum absolute atomic E-state index is 0.00901. The predicted octanol–water partition coefficient (Wildman–Crippen LogP) is 1.93. The van der Waals surface area contributed by atoms with E-state index in [1.165, 1.54) is 12.1 Å². The molecule has 1 heterocycles. The molecular formula is C10H7F3N2OS. The summed E-state index contributed by atoms with van der Waals surface area (Å²) in [4.78, 5) is 12.5. The summed E-state index contributed by atoms with van der Waals surface area (Å²) in [7, 11) is 0. The quantitative estimate of drug-likeness (QED) is 0.783. The van der Waals surface area contributed by atoms with Gasteiger partial charge in [0.2, 0.25) is 0 Å². The molecule has 2 rings (SSSR count). The third-order valence-electron chi connectivity index (χ3n) is 2.28. The summed E-state index contributed by atoms with van der Waals surface area (Å²) in [6.45, 7) is 0.00901. The maximum absolute atomic E-state index is 12.5. The topological polar surface area (TPSA) is 32.3 Å². The zero-order valence-corrected chi connectivity index (χ0v) is 9.23. The van der Waals surface area contributed by atoms with Crippen LogP contribution in [-0.4, -0.2) is 17.6 Å². The minimum Gasteiger partial charge on any atom is -0.353 e. The van der Waals surface area contributed by atoms with Gasteiger partial charge in [0.15, 0.2) is 5.11 Å². The van der Waals surface area contributed by atoms with Crippen molar-refractivity contribution >= 4 is 28.9 Å². The Kier molecular flexibility index (Phi) is 2.78. The van der Waals surface area contributed by atoms with Crippen molar-refractivity contribution in [2.75, 3.05) is 11.4 Å². The van der Waals surface area contributed by atoms with Gasteiger partial charge in [-0.3, -0.25) is 9.69 Å². The van der Waals surface area contributed by atoms with Crippen LogP contribution in [0.2, 0.25) is 0 Å². The number of amides is 1. The van der Waals surface area contributed by atoms with Crippen molar-refractivity contribution in [1.29, 1.82) is 0 Å². The van der Waals surface area contributed by atoms with E-state index in [0.29, 0.717) is 0 Å². The summed E-state index contributed by atoms with van der Waals surface area (Å²) >= 11 is 4.85. The van der Waals surface area contributed by atoms with E-state index in [2.05, 4.69) is 5.32 Å². The van der Waals surface area contributed by atoms with Crippen LogP contribution < -0.4 is 10.2 Å². The van der Waals surface area contributed by atoms with Crippen molar-refractivity contribution in [2.24, 2.45) is 0 Å². The first kappa shape index (κ1) is 11.8. The van der Waals surface area contributed by atoms with Gasteiger partial charge < -0.3 is 5.32 Å². The number of rotatable bonds is 1. The first-order valence-electron chi connectivity index (χ1n) is 4.67. The summed E-state index contributed by atoms with van der Waals surface area (Å²) in [6.07, 6.45) is -4.44. The van der Waals surface area contributed by atoms with E-state index in [-0.39, 0.29) is 23.3 Å². The standard InChI is InChI=1S/C10H7F3N2OS/c11-10(12,13)6-2-1-3-7(4-6)15-8(16)5-14-9(15)17/h1-4H,5H2,(H,14,17). The van der Waals surface area contributed by atoms with E-state index in [1.54, 1.807) is 0 Å². The number of carbonyl (C=O) groups excluding carboxylic acids is 1. The Morgan fingerprint density at radius 3 is 2.59 bits per heavy atom. The Labute approximate surface area is 100 Å². The van der Waals surface area contributed by atoms with E-state index >= 15 is 0 Å². The van der Waals surface area contributed by atoms with Crippen LogP contribution in [0, 0.1) is 0 Å². The molecule has 0 aliphatic carbocycles. The van der Waals surface area contributed by atoms with Crippen LogP contribution in [0.25, 0.3) is 0 Å². The number of benzene rings is 1. The summed E-state index contributed by atoms with van der Waals surface area (Å²) < 4.78 is 37.5. The normalized spacial score (nSPS) is 16.3. The van der Waals surface area contributed by atoms with Crippen molar-refractivity contribution in [1.82, 2.24) is 5.32 Å². The lowest BCUT2D eigenvalue weighted by Crippen LogP contribution is -2.30. The molecule has 1 saturated heterocycles.